The lowest BCUT2D eigenvalue weighted by Gasteiger charge is -2.11. The van der Waals surface area contributed by atoms with Gasteiger partial charge in [-0.25, -0.2) is 4.79 Å². The number of carbonyl (C=O) groups excluding carboxylic acids is 1. The average molecular weight is 223 g/mol. The van der Waals surface area contributed by atoms with Crippen LogP contribution in [-0.2, 0) is 11.2 Å². The molecule has 0 aromatic heterocycles. The molecule has 0 saturated carbocycles. The number of methoxy groups -OCH3 is 2. The van der Waals surface area contributed by atoms with Gasteiger partial charge in [0.15, 0.2) is 0 Å². The van der Waals surface area contributed by atoms with Crippen LogP contribution in [0.5, 0.6) is 5.75 Å². The highest BCUT2D eigenvalue weighted by molar-refractivity contribution is 5.89. The Balaban J connectivity index is 3.05. The molecule has 0 radical (unpaired) electrons. The summed E-state index contributed by atoms with van der Waals surface area (Å²) in [5.74, 6) is 0.388. The SMILES string of the molecule is COC(=O)c1ccc(OC)c(C[C@H](C)N)c1. The second-order valence-electron chi connectivity index (χ2n) is 3.70. The van der Waals surface area contributed by atoms with Gasteiger partial charge in [0.2, 0.25) is 0 Å². The molecule has 1 atom stereocenters. The third-order valence-electron chi connectivity index (χ3n) is 2.24. The molecule has 4 heteroatoms. The van der Waals surface area contributed by atoms with E-state index in [0.717, 1.165) is 11.3 Å². The summed E-state index contributed by atoms with van der Waals surface area (Å²) in [4.78, 5) is 11.4. The molecule has 16 heavy (non-hydrogen) atoms. The standard InChI is InChI=1S/C12H17NO3/c1-8(13)6-10-7-9(12(14)16-3)4-5-11(10)15-2/h4-5,7-8H,6,13H2,1-3H3/t8-/m0/s1. The molecule has 0 amide bonds. The Hall–Kier alpha value is -1.55. The highest BCUT2D eigenvalue weighted by Gasteiger charge is 2.11. The van der Waals surface area contributed by atoms with E-state index in [-0.39, 0.29) is 12.0 Å². The molecule has 2 N–H and O–H groups in total. The zero-order chi connectivity index (χ0) is 12.1. The molecular formula is C12H17NO3. The van der Waals surface area contributed by atoms with Gasteiger partial charge in [0.1, 0.15) is 5.75 Å². The summed E-state index contributed by atoms with van der Waals surface area (Å²) >= 11 is 0. The van der Waals surface area contributed by atoms with Gasteiger partial charge in [0.05, 0.1) is 19.8 Å². The summed E-state index contributed by atoms with van der Waals surface area (Å²) in [7, 11) is 2.95. The normalized spacial score (nSPS) is 12.0. The third kappa shape index (κ3) is 2.97. The summed E-state index contributed by atoms with van der Waals surface area (Å²) in [5.41, 5.74) is 7.16. The van der Waals surface area contributed by atoms with Crippen molar-refractivity contribution in [3.8, 4) is 5.75 Å². The lowest BCUT2D eigenvalue weighted by Crippen LogP contribution is -2.18. The highest BCUT2D eigenvalue weighted by atomic mass is 16.5. The molecule has 0 bridgehead atoms. The van der Waals surface area contributed by atoms with Gasteiger partial charge in [0, 0.05) is 6.04 Å². The van der Waals surface area contributed by atoms with E-state index in [1.807, 2.05) is 6.92 Å². The van der Waals surface area contributed by atoms with E-state index in [9.17, 15) is 4.79 Å². The Bertz CT molecular complexity index is 375. The van der Waals surface area contributed by atoms with Gasteiger partial charge in [-0.2, -0.15) is 0 Å². The number of nitrogens with two attached hydrogens (primary N) is 1. The van der Waals surface area contributed by atoms with Crippen molar-refractivity contribution in [2.24, 2.45) is 5.73 Å². The van der Waals surface area contributed by atoms with Crippen LogP contribution >= 0.6 is 0 Å². The first kappa shape index (κ1) is 12.5. The summed E-state index contributed by atoms with van der Waals surface area (Å²) in [6.07, 6.45) is 0.661. The van der Waals surface area contributed by atoms with Crippen molar-refractivity contribution in [1.82, 2.24) is 0 Å². The minimum atomic E-state index is -0.353. The first-order valence-corrected chi connectivity index (χ1v) is 5.09. The number of hydrogen-bond acceptors (Lipinski definition) is 4. The lowest BCUT2D eigenvalue weighted by molar-refractivity contribution is 0.0600. The first-order valence-electron chi connectivity index (χ1n) is 5.09. The van der Waals surface area contributed by atoms with Gasteiger partial charge < -0.3 is 15.2 Å². The summed E-state index contributed by atoms with van der Waals surface area (Å²) in [5, 5.41) is 0. The van der Waals surface area contributed by atoms with Crippen molar-refractivity contribution < 1.29 is 14.3 Å². The Labute approximate surface area is 95.3 Å². The van der Waals surface area contributed by atoms with Crippen molar-refractivity contribution in [3.63, 3.8) is 0 Å². The van der Waals surface area contributed by atoms with Crippen molar-refractivity contribution in [2.45, 2.75) is 19.4 Å². The van der Waals surface area contributed by atoms with Crippen LogP contribution in [-0.4, -0.2) is 26.2 Å². The lowest BCUT2D eigenvalue weighted by atomic mass is 10.0. The Kier molecular flexibility index (Phi) is 4.31. The average Bonchev–Trinajstić information content (AvgIpc) is 2.27. The van der Waals surface area contributed by atoms with E-state index in [1.165, 1.54) is 7.11 Å². The van der Waals surface area contributed by atoms with Crippen molar-refractivity contribution in [2.75, 3.05) is 14.2 Å². The maximum absolute atomic E-state index is 11.4. The van der Waals surface area contributed by atoms with Crippen LogP contribution in [0.25, 0.3) is 0 Å². The second-order valence-corrected chi connectivity index (χ2v) is 3.70. The van der Waals surface area contributed by atoms with E-state index in [0.29, 0.717) is 12.0 Å². The highest BCUT2D eigenvalue weighted by Crippen LogP contribution is 2.21. The zero-order valence-electron chi connectivity index (χ0n) is 9.82. The van der Waals surface area contributed by atoms with Crippen molar-refractivity contribution >= 4 is 5.97 Å². The molecule has 1 aromatic carbocycles. The fraction of sp³-hybridized carbons (Fsp3) is 0.417. The van der Waals surface area contributed by atoms with E-state index in [2.05, 4.69) is 4.74 Å². The van der Waals surface area contributed by atoms with Crippen LogP contribution in [0.4, 0.5) is 0 Å². The molecule has 0 spiro atoms. The largest absolute Gasteiger partial charge is 0.496 e. The second kappa shape index (κ2) is 5.51. The zero-order valence-corrected chi connectivity index (χ0v) is 9.82. The molecule has 0 aliphatic carbocycles. The minimum absolute atomic E-state index is 0.0156. The smallest absolute Gasteiger partial charge is 0.337 e. The van der Waals surface area contributed by atoms with Crippen LogP contribution in [0, 0.1) is 0 Å². The molecule has 0 heterocycles. The van der Waals surface area contributed by atoms with Crippen LogP contribution in [0.3, 0.4) is 0 Å². The molecule has 1 rings (SSSR count). The van der Waals surface area contributed by atoms with Crippen molar-refractivity contribution in [3.05, 3.63) is 29.3 Å². The Morgan fingerprint density at radius 2 is 2.12 bits per heavy atom. The van der Waals surface area contributed by atoms with Gasteiger partial charge in [-0.15, -0.1) is 0 Å². The van der Waals surface area contributed by atoms with Crippen LogP contribution in [0.15, 0.2) is 18.2 Å². The maximum atomic E-state index is 11.4. The fourth-order valence-electron chi connectivity index (χ4n) is 1.53. The van der Waals surface area contributed by atoms with Gasteiger partial charge in [-0.3, -0.25) is 0 Å². The summed E-state index contributed by atoms with van der Waals surface area (Å²) < 4.78 is 9.87. The quantitative estimate of drug-likeness (QED) is 0.783. The molecular weight excluding hydrogens is 206 g/mol. The molecule has 1 aromatic rings. The first-order chi connectivity index (χ1) is 7.58. The number of ether oxygens (including phenoxy) is 2. The molecule has 0 saturated heterocycles. The number of carbonyl (C=O) groups is 1. The number of benzene rings is 1. The van der Waals surface area contributed by atoms with Gasteiger partial charge in [-0.05, 0) is 37.1 Å². The van der Waals surface area contributed by atoms with Gasteiger partial charge in [-0.1, -0.05) is 0 Å². The number of hydrogen-bond donors (Lipinski definition) is 1. The third-order valence-corrected chi connectivity index (χ3v) is 2.24. The predicted octanol–water partition coefficient (Wildman–Crippen LogP) is 1.37. The molecule has 0 unspecified atom stereocenters. The molecule has 0 aliphatic rings. The monoisotopic (exact) mass is 223 g/mol. The predicted molar refractivity (Wildman–Crippen MR) is 61.7 cm³/mol. The van der Waals surface area contributed by atoms with Gasteiger partial charge >= 0.3 is 5.97 Å². The Morgan fingerprint density at radius 3 is 2.62 bits per heavy atom. The number of rotatable bonds is 4. The summed E-state index contributed by atoms with van der Waals surface area (Å²) in [6.45, 7) is 1.91. The fourth-order valence-corrected chi connectivity index (χ4v) is 1.53. The molecule has 4 nitrogen and oxygen atoms in total. The molecule has 0 fully saturated rings. The van der Waals surface area contributed by atoms with Crippen molar-refractivity contribution in [1.29, 1.82) is 0 Å². The van der Waals surface area contributed by atoms with E-state index < -0.39 is 0 Å². The number of esters is 1. The maximum Gasteiger partial charge on any atom is 0.337 e. The Morgan fingerprint density at radius 1 is 1.44 bits per heavy atom. The molecule has 88 valence electrons. The van der Waals surface area contributed by atoms with E-state index in [4.69, 9.17) is 10.5 Å². The van der Waals surface area contributed by atoms with Gasteiger partial charge in [0.25, 0.3) is 0 Å². The van der Waals surface area contributed by atoms with Crippen LogP contribution in [0.1, 0.15) is 22.8 Å². The van der Waals surface area contributed by atoms with E-state index in [1.54, 1.807) is 25.3 Å². The van der Waals surface area contributed by atoms with Crippen LogP contribution in [0.2, 0.25) is 0 Å². The topological polar surface area (TPSA) is 61.5 Å². The van der Waals surface area contributed by atoms with E-state index >= 15 is 0 Å². The minimum Gasteiger partial charge on any atom is -0.496 e. The summed E-state index contributed by atoms with van der Waals surface area (Å²) in [6, 6.07) is 5.20. The van der Waals surface area contributed by atoms with Crippen LogP contribution < -0.4 is 10.5 Å². The molecule has 0 aliphatic heterocycles.